The van der Waals surface area contributed by atoms with Crippen LogP contribution in [0.2, 0.25) is 5.02 Å². The Kier molecular flexibility index (Phi) is 6.10. The lowest BCUT2D eigenvalue weighted by Gasteiger charge is -2.08. The minimum absolute atomic E-state index is 0.129. The number of hydrogen-bond donors (Lipinski definition) is 1. The highest BCUT2D eigenvalue weighted by Gasteiger charge is 2.10. The summed E-state index contributed by atoms with van der Waals surface area (Å²) in [4.78, 5) is 23.8. The molecule has 2 aromatic carbocycles. The summed E-state index contributed by atoms with van der Waals surface area (Å²) in [7, 11) is 0. The molecule has 2 aromatic rings. The van der Waals surface area contributed by atoms with E-state index in [0.29, 0.717) is 11.6 Å². The van der Waals surface area contributed by atoms with Gasteiger partial charge >= 0.3 is 5.97 Å². The Morgan fingerprint density at radius 3 is 2.68 bits per heavy atom. The van der Waals surface area contributed by atoms with Crippen molar-refractivity contribution in [2.45, 2.75) is 11.8 Å². The molecule has 1 N–H and O–H groups in total. The zero-order chi connectivity index (χ0) is 15.9. The van der Waals surface area contributed by atoms with E-state index in [1.807, 2.05) is 36.4 Å². The van der Waals surface area contributed by atoms with E-state index in [2.05, 4.69) is 5.32 Å². The maximum atomic E-state index is 11.7. The zero-order valence-corrected chi connectivity index (χ0v) is 13.7. The molecule has 4 nitrogen and oxygen atoms in total. The van der Waals surface area contributed by atoms with Crippen molar-refractivity contribution in [3.8, 4) is 0 Å². The van der Waals surface area contributed by atoms with Gasteiger partial charge in [0.15, 0.2) is 6.61 Å². The second-order valence-corrected chi connectivity index (χ2v) is 5.92. The molecule has 0 aliphatic heterocycles. The van der Waals surface area contributed by atoms with Gasteiger partial charge in [-0.2, -0.15) is 0 Å². The van der Waals surface area contributed by atoms with Gasteiger partial charge in [0.05, 0.1) is 5.75 Å². The van der Waals surface area contributed by atoms with E-state index in [9.17, 15) is 9.59 Å². The number of benzene rings is 2. The first kappa shape index (κ1) is 16.6. The van der Waals surface area contributed by atoms with Crippen molar-refractivity contribution in [2.75, 3.05) is 18.9 Å². The number of nitrogens with one attached hydrogen (secondary N) is 1. The van der Waals surface area contributed by atoms with Crippen LogP contribution in [-0.4, -0.2) is 30.8 Å². The second-order valence-electron chi connectivity index (χ2n) is 4.50. The number of fused-ring (bicyclic) bond motifs is 1. The molecule has 0 bridgehead atoms. The Morgan fingerprint density at radius 2 is 1.95 bits per heavy atom. The number of ether oxygens (including phenoxy) is 1. The van der Waals surface area contributed by atoms with Crippen molar-refractivity contribution < 1.29 is 14.3 Å². The standard InChI is InChI=1S/C16H16ClNO3S/c1-2-18-14(19)9-21-15(20)10-22-13-8-4-6-11-5-3-7-12(17)16(11)13/h3-8H,2,9-10H2,1H3,(H,18,19). The minimum Gasteiger partial charge on any atom is -0.455 e. The van der Waals surface area contributed by atoms with E-state index in [4.69, 9.17) is 16.3 Å². The molecular weight excluding hydrogens is 322 g/mol. The van der Waals surface area contributed by atoms with Gasteiger partial charge in [0.1, 0.15) is 0 Å². The fourth-order valence-corrected chi connectivity index (χ4v) is 3.20. The van der Waals surface area contributed by atoms with Gasteiger partial charge in [-0.15, -0.1) is 11.8 Å². The third-order valence-corrected chi connectivity index (χ3v) is 4.25. The number of halogens is 1. The van der Waals surface area contributed by atoms with Crippen LogP contribution in [0.3, 0.4) is 0 Å². The minimum atomic E-state index is -0.430. The molecule has 1 amide bonds. The van der Waals surface area contributed by atoms with Crippen molar-refractivity contribution in [2.24, 2.45) is 0 Å². The predicted molar refractivity (Wildman–Crippen MR) is 89.3 cm³/mol. The molecule has 0 atom stereocenters. The SMILES string of the molecule is CCNC(=O)COC(=O)CSc1cccc2cccc(Cl)c12. The highest BCUT2D eigenvalue weighted by molar-refractivity contribution is 8.00. The second kappa shape index (κ2) is 8.06. The summed E-state index contributed by atoms with van der Waals surface area (Å²) in [5.41, 5.74) is 0. The van der Waals surface area contributed by atoms with Crippen molar-refractivity contribution in [1.29, 1.82) is 0 Å². The molecule has 2 rings (SSSR count). The van der Waals surface area contributed by atoms with E-state index >= 15 is 0 Å². The average Bonchev–Trinajstić information content (AvgIpc) is 2.51. The number of carbonyl (C=O) groups excluding carboxylic acids is 2. The fraction of sp³-hybridized carbons (Fsp3) is 0.250. The summed E-state index contributed by atoms with van der Waals surface area (Å²) in [5, 5.41) is 5.16. The van der Waals surface area contributed by atoms with Crippen LogP contribution in [0.1, 0.15) is 6.92 Å². The van der Waals surface area contributed by atoms with E-state index in [1.165, 1.54) is 11.8 Å². The summed E-state index contributed by atoms with van der Waals surface area (Å²) >= 11 is 7.58. The summed E-state index contributed by atoms with van der Waals surface area (Å²) in [6.07, 6.45) is 0. The third-order valence-electron chi connectivity index (χ3n) is 2.90. The summed E-state index contributed by atoms with van der Waals surface area (Å²) in [6.45, 7) is 2.07. The van der Waals surface area contributed by atoms with Crippen LogP contribution in [0.5, 0.6) is 0 Å². The normalized spacial score (nSPS) is 10.5. The van der Waals surface area contributed by atoms with Gasteiger partial charge < -0.3 is 10.1 Å². The quantitative estimate of drug-likeness (QED) is 0.649. The molecular formula is C16H16ClNO3S. The molecule has 0 saturated carbocycles. The predicted octanol–water partition coefficient (Wildman–Crippen LogP) is 3.26. The van der Waals surface area contributed by atoms with Crippen LogP contribution in [0, 0.1) is 0 Å². The van der Waals surface area contributed by atoms with Gasteiger partial charge in [-0.1, -0.05) is 35.9 Å². The van der Waals surface area contributed by atoms with Gasteiger partial charge in [-0.3, -0.25) is 9.59 Å². The van der Waals surface area contributed by atoms with Crippen LogP contribution >= 0.6 is 23.4 Å². The lowest BCUT2D eigenvalue weighted by molar-refractivity contribution is -0.145. The molecule has 0 spiro atoms. The number of rotatable bonds is 6. The highest BCUT2D eigenvalue weighted by Crippen LogP contribution is 2.33. The number of likely N-dealkylation sites (N-methyl/N-ethyl adjacent to an activating group) is 1. The zero-order valence-electron chi connectivity index (χ0n) is 12.1. The third kappa shape index (κ3) is 4.39. The van der Waals surface area contributed by atoms with E-state index < -0.39 is 5.97 Å². The van der Waals surface area contributed by atoms with E-state index in [0.717, 1.165) is 15.7 Å². The van der Waals surface area contributed by atoms with Crippen molar-refractivity contribution in [1.82, 2.24) is 5.32 Å². The monoisotopic (exact) mass is 337 g/mol. The first-order valence-electron chi connectivity index (χ1n) is 6.84. The number of hydrogen-bond acceptors (Lipinski definition) is 4. The van der Waals surface area contributed by atoms with Crippen molar-refractivity contribution in [3.05, 3.63) is 41.4 Å². The summed E-state index contributed by atoms with van der Waals surface area (Å²) in [6, 6.07) is 11.5. The number of amides is 1. The topological polar surface area (TPSA) is 55.4 Å². The average molecular weight is 338 g/mol. The molecule has 0 aliphatic carbocycles. The van der Waals surface area contributed by atoms with Gasteiger partial charge in [0.2, 0.25) is 0 Å². The largest absolute Gasteiger partial charge is 0.455 e. The Balaban J connectivity index is 1.97. The first-order chi connectivity index (χ1) is 10.6. The van der Waals surface area contributed by atoms with Gasteiger partial charge in [0.25, 0.3) is 5.91 Å². The molecule has 0 heterocycles. The molecule has 0 unspecified atom stereocenters. The van der Waals surface area contributed by atoms with E-state index in [-0.39, 0.29) is 18.3 Å². The molecule has 0 radical (unpaired) electrons. The van der Waals surface area contributed by atoms with Crippen LogP contribution in [0.4, 0.5) is 0 Å². The Hall–Kier alpha value is -1.72. The summed E-state index contributed by atoms with van der Waals surface area (Å²) in [5.74, 6) is -0.599. The van der Waals surface area contributed by atoms with Gasteiger partial charge in [-0.05, 0) is 24.4 Å². The van der Waals surface area contributed by atoms with Crippen LogP contribution in [-0.2, 0) is 14.3 Å². The van der Waals surface area contributed by atoms with E-state index in [1.54, 1.807) is 6.92 Å². The number of esters is 1. The molecule has 0 aliphatic rings. The fourth-order valence-electron chi connectivity index (χ4n) is 1.96. The smallest absolute Gasteiger partial charge is 0.316 e. The van der Waals surface area contributed by atoms with Crippen molar-refractivity contribution in [3.63, 3.8) is 0 Å². The molecule has 0 fully saturated rings. The Morgan fingerprint density at radius 1 is 1.23 bits per heavy atom. The number of carbonyl (C=O) groups is 2. The van der Waals surface area contributed by atoms with Crippen LogP contribution in [0.15, 0.2) is 41.3 Å². The molecule has 0 saturated heterocycles. The maximum absolute atomic E-state index is 11.7. The first-order valence-corrected chi connectivity index (χ1v) is 8.20. The molecule has 22 heavy (non-hydrogen) atoms. The van der Waals surface area contributed by atoms with Gasteiger partial charge in [0, 0.05) is 21.8 Å². The Bertz CT molecular complexity index is 685. The lowest BCUT2D eigenvalue weighted by atomic mass is 10.1. The van der Waals surface area contributed by atoms with Crippen LogP contribution < -0.4 is 5.32 Å². The van der Waals surface area contributed by atoms with Gasteiger partial charge in [-0.25, -0.2) is 0 Å². The Labute approximate surface area is 138 Å². The van der Waals surface area contributed by atoms with Crippen molar-refractivity contribution >= 4 is 46.0 Å². The maximum Gasteiger partial charge on any atom is 0.316 e. The molecule has 0 aromatic heterocycles. The highest BCUT2D eigenvalue weighted by atomic mass is 35.5. The number of thioether (sulfide) groups is 1. The van der Waals surface area contributed by atoms with Crippen LogP contribution in [0.25, 0.3) is 10.8 Å². The summed E-state index contributed by atoms with van der Waals surface area (Å²) < 4.78 is 4.92. The molecule has 6 heteroatoms. The molecule has 116 valence electrons. The lowest BCUT2D eigenvalue weighted by Crippen LogP contribution is -2.28.